The number of nitrogens with one attached hydrogen (secondary N) is 1. The number of nitro benzene ring substituents is 2. The molecule has 0 saturated heterocycles. The van der Waals surface area contributed by atoms with Crippen molar-refractivity contribution in [2.75, 3.05) is 5.32 Å². The lowest BCUT2D eigenvalue weighted by molar-refractivity contribution is -0.387. The average Bonchev–Trinajstić information content (AvgIpc) is 3.15. The summed E-state index contributed by atoms with van der Waals surface area (Å²) in [6.45, 7) is 0. The normalized spacial score (nSPS) is 25.2. The Morgan fingerprint density at radius 3 is 2.41 bits per heavy atom. The number of hydrogen-bond donors (Lipinski definition) is 1. The maximum atomic E-state index is 11.5. The van der Waals surface area contributed by atoms with E-state index >= 15 is 0 Å². The van der Waals surface area contributed by atoms with Gasteiger partial charge in [0.2, 0.25) is 0 Å². The van der Waals surface area contributed by atoms with Gasteiger partial charge in [-0.05, 0) is 47.7 Å². The first-order valence-electron chi connectivity index (χ1n) is 10.7. The Hall–Kier alpha value is -2.81. The predicted molar refractivity (Wildman–Crippen MR) is 134 cm³/mol. The van der Waals surface area contributed by atoms with Gasteiger partial charge >= 0.3 is 0 Å². The van der Waals surface area contributed by atoms with Gasteiger partial charge in [-0.2, -0.15) is 0 Å². The third-order valence-electron chi connectivity index (χ3n) is 6.58. The first-order chi connectivity index (χ1) is 16.3. The molecule has 1 N–H and O–H groups in total. The Balaban J connectivity index is 1.55. The molecule has 1 heterocycles. The molecule has 5 atom stereocenters. The molecule has 0 aromatic heterocycles. The number of thioether (sulfide) groups is 1. The Labute approximate surface area is 209 Å². The second-order valence-electron chi connectivity index (χ2n) is 8.45. The summed E-state index contributed by atoms with van der Waals surface area (Å²) in [7, 11) is 0. The van der Waals surface area contributed by atoms with Crippen LogP contribution in [0.3, 0.4) is 0 Å². The number of nitrogens with zero attached hydrogens (tertiary/aromatic N) is 2. The number of hydrogen-bond acceptors (Lipinski definition) is 6. The molecule has 3 aromatic rings. The maximum absolute atomic E-state index is 11.5. The van der Waals surface area contributed by atoms with Crippen molar-refractivity contribution in [3.63, 3.8) is 0 Å². The third kappa shape index (κ3) is 4.10. The standard InChI is InChI=1S/C24H19Cl2N3O4S/c25-14-7-5-13(6-8-14)24-17-12-21(34-20-4-2-1-3-19(20)29(32)33)23(26)22(17)16-11-15(28(30)31)9-10-18(16)27-24/h1-11,17,21-24,27H,12H2/t17-,21-,22+,23-,24+/m1/s1. The maximum Gasteiger partial charge on any atom is 0.282 e. The molecule has 1 aliphatic heterocycles. The van der Waals surface area contributed by atoms with Crippen LogP contribution in [0.4, 0.5) is 17.1 Å². The molecular weight excluding hydrogens is 497 g/mol. The van der Waals surface area contributed by atoms with E-state index in [2.05, 4.69) is 5.32 Å². The van der Waals surface area contributed by atoms with E-state index in [0.717, 1.165) is 16.8 Å². The second kappa shape index (κ2) is 9.09. The number of non-ortho nitro benzene ring substituents is 1. The van der Waals surface area contributed by atoms with Crippen LogP contribution in [0.2, 0.25) is 5.02 Å². The van der Waals surface area contributed by atoms with Crippen molar-refractivity contribution >= 4 is 52.0 Å². The highest BCUT2D eigenvalue weighted by Gasteiger charge is 2.50. The molecule has 7 nitrogen and oxygen atoms in total. The van der Waals surface area contributed by atoms with Crippen LogP contribution in [0, 0.1) is 26.1 Å². The van der Waals surface area contributed by atoms with Crippen molar-refractivity contribution in [2.24, 2.45) is 5.92 Å². The van der Waals surface area contributed by atoms with Crippen molar-refractivity contribution in [3.8, 4) is 0 Å². The smallest absolute Gasteiger partial charge is 0.282 e. The molecule has 1 saturated carbocycles. The second-order valence-corrected chi connectivity index (χ2v) is 10.7. The molecule has 174 valence electrons. The number of rotatable bonds is 5. The van der Waals surface area contributed by atoms with Gasteiger partial charge in [0.05, 0.1) is 26.2 Å². The molecular formula is C24H19Cl2N3O4S. The van der Waals surface area contributed by atoms with Crippen LogP contribution in [-0.2, 0) is 0 Å². The van der Waals surface area contributed by atoms with E-state index in [1.165, 1.54) is 23.9 Å². The highest BCUT2D eigenvalue weighted by molar-refractivity contribution is 8.00. The van der Waals surface area contributed by atoms with Crippen molar-refractivity contribution < 1.29 is 9.85 Å². The van der Waals surface area contributed by atoms with Gasteiger partial charge in [0.25, 0.3) is 11.4 Å². The molecule has 1 aliphatic carbocycles. The lowest BCUT2D eigenvalue weighted by Crippen LogP contribution is -2.31. The highest BCUT2D eigenvalue weighted by Crippen LogP contribution is 2.58. The molecule has 0 unspecified atom stereocenters. The Morgan fingerprint density at radius 1 is 0.971 bits per heavy atom. The van der Waals surface area contributed by atoms with Crippen molar-refractivity contribution in [1.29, 1.82) is 0 Å². The van der Waals surface area contributed by atoms with E-state index in [9.17, 15) is 20.2 Å². The molecule has 1 fully saturated rings. The fraction of sp³-hybridized carbons (Fsp3) is 0.250. The molecule has 5 rings (SSSR count). The van der Waals surface area contributed by atoms with E-state index in [0.29, 0.717) is 16.3 Å². The lowest BCUT2D eigenvalue weighted by Gasteiger charge is -2.38. The average molecular weight is 516 g/mol. The minimum absolute atomic E-state index is 0.0166. The molecule has 10 heteroatoms. The zero-order valence-corrected chi connectivity index (χ0v) is 20.0. The van der Waals surface area contributed by atoms with Gasteiger partial charge in [-0.1, -0.05) is 35.9 Å². The summed E-state index contributed by atoms with van der Waals surface area (Å²) in [4.78, 5) is 22.8. The van der Waals surface area contributed by atoms with Crippen LogP contribution >= 0.6 is 35.0 Å². The summed E-state index contributed by atoms with van der Waals surface area (Å²) in [5, 5.41) is 26.7. The fourth-order valence-electron chi connectivity index (χ4n) is 5.09. The van der Waals surface area contributed by atoms with Gasteiger partial charge in [0.1, 0.15) is 0 Å². The van der Waals surface area contributed by atoms with Crippen LogP contribution in [0.25, 0.3) is 0 Å². The monoisotopic (exact) mass is 515 g/mol. The number of nitro groups is 2. The SMILES string of the molecule is O=[N+]([O-])c1ccc2c(c1)[C@@H]1[C@H](Cl)[C@H](Sc3ccccc3[N+](=O)[O-])C[C@H]1[C@H](c1ccc(Cl)cc1)N2. The molecule has 0 spiro atoms. The van der Waals surface area contributed by atoms with Gasteiger partial charge in [-0.15, -0.1) is 23.4 Å². The summed E-state index contributed by atoms with van der Waals surface area (Å²) in [6, 6.07) is 19.0. The molecule has 2 aliphatic rings. The molecule has 34 heavy (non-hydrogen) atoms. The fourth-order valence-corrected chi connectivity index (χ4v) is 7.16. The summed E-state index contributed by atoms with van der Waals surface area (Å²) in [6.07, 6.45) is 0.692. The van der Waals surface area contributed by atoms with Crippen molar-refractivity contribution in [2.45, 2.75) is 33.9 Å². The largest absolute Gasteiger partial charge is 0.378 e. The van der Waals surface area contributed by atoms with E-state index in [4.69, 9.17) is 23.2 Å². The Morgan fingerprint density at radius 2 is 1.71 bits per heavy atom. The number of alkyl halides is 1. The summed E-state index contributed by atoms with van der Waals surface area (Å²) in [5.41, 5.74) is 2.74. The van der Waals surface area contributed by atoms with Crippen LogP contribution in [-0.4, -0.2) is 20.5 Å². The number of para-hydroxylation sites is 1. The Kier molecular flexibility index (Phi) is 6.14. The van der Waals surface area contributed by atoms with E-state index in [-0.39, 0.29) is 44.8 Å². The van der Waals surface area contributed by atoms with Gasteiger partial charge in [0, 0.05) is 40.1 Å². The molecule has 3 aromatic carbocycles. The van der Waals surface area contributed by atoms with E-state index in [1.807, 2.05) is 24.3 Å². The Bertz CT molecular complexity index is 1270. The molecule has 0 bridgehead atoms. The van der Waals surface area contributed by atoms with Crippen molar-refractivity contribution in [3.05, 3.63) is 103 Å². The zero-order valence-electron chi connectivity index (χ0n) is 17.6. The summed E-state index contributed by atoms with van der Waals surface area (Å²) in [5.74, 6) is -0.114. The summed E-state index contributed by atoms with van der Waals surface area (Å²) < 4.78 is 0. The minimum Gasteiger partial charge on any atom is -0.378 e. The topological polar surface area (TPSA) is 98.3 Å². The van der Waals surface area contributed by atoms with Gasteiger partial charge in [-0.3, -0.25) is 20.2 Å². The van der Waals surface area contributed by atoms with Gasteiger partial charge in [0.15, 0.2) is 0 Å². The number of halogens is 2. The first-order valence-corrected chi connectivity index (χ1v) is 12.4. The third-order valence-corrected chi connectivity index (χ3v) is 8.94. The number of anilines is 1. The molecule has 0 amide bonds. The zero-order chi connectivity index (χ0) is 24.0. The van der Waals surface area contributed by atoms with Crippen LogP contribution in [0.15, 0.2) is 71.6 Å². The van der Waals surface area contributed by atoms with Gasteiger partial charge < -0.3 is 5.32 Å². The first kappa shape index (κ1) is 23.0. The quantitative estimate of drug-likeness (QED) is 0.219. The number of benzene rings is 3. The van der Waals surface area contributed by atoms with Crippen LogP contribution in [0.1, 0.15) is 29.5 Å². The van der Waals surface area contributed by atoms with E-state index in [1.54, 1.807) is 30.3 Å². The lowest BCUT2D eigenvalue weighted by atomic mass is 9.77. The number of fused-ring (bicyclic) bond motifs is 3. The van der Waals surface area contributed by atoms with Crippen LogP contribution in [0.5, 0.6) is 0 Å². The van der Waals surface area contributed by atoms with Crippen molar-refractivity contribution in [1.82, 2.24) is 0 Å². The molecule has 0 radical (unpaired) electrons. The summed E-state index contributed by atoms with van der Waals surface area (Å²) >= 11 is 14.6. The predicted octanol–water partition coefficient (Wildman–Crippen LogP) is 7.20. The minimum atomic E-state index is -0.404. The van der Waals surface area contributed by atoms with E-state index < -0.39 is 4.92 Å². The van der Waals surface area contributed by atoms with Crippen LogP contribution < -0.4 is 5.32 Å². The van der Waals surface area contributed by atoms with Gasteiger partial charge in [-0.25, -0.2) is 0 Å². The highest BCUT2D eigenvalue weighted by atomic mass is 35.5.